The maximum absolute atomic E-state index is 12.4. The van der Waals surface area contributed by atoms with E-state index < -0.39 is 38.6 Å². The fraction of sp³-hybridized carbons (Fsp3) is 0.778. The summed E-state index contributed by atoms with van der Waals surface area (Å²) in [7, 11) is -4.78. The standard InChI is InChI=1S/C45H81O9P/c1-3-5-7-9-11-12-13-14-15-16-17-18-19-20-21-22-23-24-26-30-35-39-45(48)54-43(41-53-55(49,50)51)40-52-44(47)38-34-31-27-29-33-37-42(46)36-32-28-25-10-8-6-4-2/h6,8,14-15,25,28,32,36,42-43,46H,3-5,7,9-13,16-24,26-27,29-31,33-35,37-41H2,1-2H3,(H2,49,50,51)/b8-6+,15-14-,28-25+,36-32+/t42?,43-/m1/s1. The van der Waals surface area contributed by atoms with Crippen molar-refractivity contribution in [2.24, 2.45) is 0 Å². The summed E-state index contributed by atoms with van der Waals surface area (Å²) in [5.41, 5.74) is 0. The number of hydrogen-bond donors (Lipinski definition) is 3. The van der Waals surface area contributed by atoms with E-state index >= 15 is 0 Å². The van der Waals surface area contributed by atoms with E-state index in [0.717, 1.165) is 57.8 Å². The molecule has 0 aliphatic carbocycles. The van der Waals surface area contributed by atoms with Crippen molar-refractivity contribution < 1.29 is 43.0 Å². The molecular formula is C45H81O9P. The van der Waals surface area contributed by atoms with Gasteiger partial charge in [0.15, 0.2) is 6.10 Å². The first-order valence-corrected chi connectivity index (χ1v) is 23.6. The van der Waals surface area contributed by atoms with Gasteiger partial charge in [0.05, 0.1) is 12.7 Å². The number of aliphatic hydroxyl groups is 1. The highest BCUT2D eigenvalue weighted by molar-refractivity contribution is 7.46. The maximum Gasteiger partial charge on any atom is 0.469 e. The zero-order valence-corrected chi connectivity index (χ0v) is 35.8. The summed E-state index contributed by atoms with van der Waals surface area (Å²) in [6.07, 6.45) is 45.7. The Labute approximate surface area is 336 Å². The first kappa shape index (κ1) is 53.0. The van der Waals surface area contributed by atoms with Crippen LogP contribution in [0.25, 0.3) is 0 Å². The fourth-order valence-electron chi connectivity index (χ4n) is 6.14. The Hall–Kier alpha value is -2.03. The van der Waals surface area contributed by atoms with E-state index in [0.29, 0.717) is 19.3 Å². The first-order chi connectivity index (χ1) is 26.7. The number of unbranched alkanes of at least 4 members (excludes halogenated alkanes) is 21. The Balaban J connectivity index is 3.94. The summed E-state index contributed by atoms with van der Waals surface area (Å²) < 4.78 is 26.4. The van der Waals surface area contributed by atoms with E-state index in [-0.39, 0.29) is 19.4 Å². The van der Waals surface area contributed by atoms with Crippen LogP contribution in [0.5, 0.6) is 0 Å². The van der Waals surface area contributed by atoms with Crippen molar-refractivity contribution in [2.75, 3.05) is 13.2 Å². The van der Waals surface area contributed by atoms with Crippen LogP contribution in [-0.2, 0) is 28.2 Å². The van der Waals surface area contributed by atoms with Crippen molar-refractivity contribution in [2.45, 2.75) is 212 Å². The normalized spacial score (nSPS) is 13.5. The van der Waals surface area contributed by atoms with Gasteiger partial charge >= 0.3 is 19.8 Å². The van der Waals surface area contributed by atoms with Crippen molar-refractivity contribution >= 4 is 19.8 Å². The average molecular weight is 797 g/mol. The number of hydrogen-bond acceptors (Lipinski definition) is 7. The predicted octanol–water partition coefficient (Wildman–Crippen LogP) is 12.5. The highest BCUT2D eigenvalue weighted by Gasteiger charge is 2.23. The van der Waals surface area contributed by atoms with Gasteiger partial charge in [-0.1, -0.05) is 178 Å². The molecule has 0 fully saturated rings. The molecule has 0 amide bonds. The van der Waals surface area contributed by atoms with Crippen LogP contribution < -0.4 is 0 Å². The van der Waals surface area contributed by atoms with E-state index in [2.05, 4.69) is 42.7 Å². The summed E-state index contributed by atoms with van der Waals surface area (Å²) in [4.78, 5) is 42.9. The lowest BCUT2D eigenvalue weighted by Crippen LogP contribution is -2.29. The second kappa shape index (κ2) is 40.2. The molecule has 0 rings (SSSR count). The number of carbonyl (C=O) groups excluding carboxylic acids is 2. The molecule has 0 aliphatic heterocycles. The highest BCUT2D eigenvalue weighted by Crippen LogP contribution is 2.36. The van der Waals surface area contributed by atoms with Crippen LogP contribution in [0.3, 0.4) is 0 Å². The minimum atomic E-state index is -4.78. The van der Waals surface area contributed by atoms with E-state index in [1.54, 1.807) is 6.08 Å². The molecule has 0 aromatic rings. The van der Waals surface area contributed by atoms with Gasteiger partial charge in [0, 0.05) is 12.8 Å². The molecule has 0 aromatic carbocycles. The maximum atomic E-state index is 12.4. The second-order valence-electron chi connectivity index (χ2n) is 14.8. The van der Waals surface area contributed by atoms with Crippen molar-refractivity contribution in [3.63, 3.8) is 0 Å². The Bertz CT molecular complexity index is 1050. The Morgan fingerprint density at radius 3 is 1.64 bits per heavy atom. The summed E-state index contributed by atoms with van der Waals surface area (Å²) in [6, 6.07) is 0. The second-order valence-corrected chi connectivity index (χ2v) is 16.1. The van der Waals surface area contributed by atoms with Crippen LogP contribution in [0.1, 0.15) is 200 Å². The van der Waals surface area contributed by atoms with Crippen LogP contribution >= 0.6 is 7.82 Å². The molecule has 1 unspecified atom stereocenters. The smallest absolute Gasteiger partial charge is 0.462 e. The van der Waals surface area contributed by atoms with Gasteiger partial charge < -0.3 is 24.4 Å². The number of allylic oxidation sites excluding steroid dienone is 7. The van der Waals surface area contributed by atoms with Crippen LogP contribution in [0, 0.1) is 0 Å². The number of aliphatic hydroxyl groups excluding tert-OH is 1. The third-order valence-electron chi connectivity index (χ3n) is 9.44. The summed E-state index contributed by atoms with van der Waals surface area (Å²) in [5.74, 6) is -0.960. The molecule has 0 saturated heterocycles. The zero-order valence-electron chi connectivity index (χ0n) is 34.9. The van der Waals surface area contributed by atoms with Crippen molar-refractivity contribution in [3.05, 3.63) is 48.6 Å². The minimum absolute atomic E-state index is 0.190. The molecule has 0 aromatic heterocycles. The lowest BCUT2D eigenvalue weighted by atomic mass is 10.0. The third kappa shape index (κ3) is 42.9. The van der Waals surface area contributed by atoms with Crippen LogP contribution in [0.15, 0.2) is 48.6 Å². The largest absolute Gasteiger partial charge is 0.469 e. The summed E-state index contributed by atoms with van der Waals surface area (Å²) in [5, 5.41) is 10.1. The van der Waals surface area contributed by atoms with Gasteiger partial charge in [-0.3, -0.25) is 14.1 Å². The molecule has 9 nitrogen and oxygen atoms in total. The monoisotopic (exact) mass is 797 g/mol. The number of esters is 2. The lowest BCUT2D eigenvalue weighted by molar-refractivity contribution is -0.161. The number of carbonyl (C=O) groups is 2. The summed E-state index contributed by atoms with van der Waals surface area (Å²) >= 11 is 0. The predicted molar refractivity (Wildman–Crippen MR) is 227 cm³/mol. The molecule has 320 valence electrons. The number of ether oxygens (including phenoxy) is 2. The number of phosphoric ester groups is 1. The zero-order chi connectivity index (χ0) is 40.5. The molecule has 0 aliphatic rings. The highest BCUT2D eigenvalue weighted by atomic mass is 31.2. The topological polar surface area (TPSA) is 140 Å². The van der Waals surface area contributed by atoms with Crippen LogP contribution in [-0.4, -0.2) is 52.3 Å². The molecule has 0 heterocycles. The third-order valence-corrected chi connectivity index (χ3v) is 9.92. The Morgan fingerprint density at radius 2 is 1.09 bits per heavy atom. The molecular weight excluding hydrogens is 715 g/mol. The van der Waals surface area contributed by atoms with Gasteiger partial charge in [0.2, 0.25) is 0 Å². The van der Waals surface area contributed by atoms with Gasteiger partial charge in [0.1, 0.15) is 6.61 Å². The average Bonchev–Trinajstić information content (AvgIpc) is 3.15. The van der Waals surface area contributed by atoms with Gasteiger partial charge in [-0.25, -0.2) is 4.57 Å². The van der Waals surface area contributed by atoms with E-state index in [1.165, 1.54) is 96.3 Å². The van der Waals surface area contributed by atoms with Gasteiger partial charge in [-0.2, -0.15) is 0 Å². The molecule has 55 heavy (non-hydrogen) atoms. The van der Waals surface area contributed by atoms with Crippen molar-refractivity contribution in [1.82, 2.24) is 0 Å². The summed E-state index contributed by atoms with van der Waals surface area (Å²) in [6.45, 7) is 3.48. The van der Waals surface area contributed by atoms with Crippen molar-refractivity contribution in [1.29, 1.82) is 0 Å². The van der Waals surface area contributed by atoms with E-state index in [1.807, 2.05) is 18.2 Å². The van der Waals surface area contributed by atoms with E-state index in [4.69, 9.17) is 19.3 Å². The number of phosphoric acid groups is 1. The Kier molecular flexibility index (Phi) is 38.7. The Morgan fingerprint density at radius 1 is 0.582 bits per heavy atom. The molecule has 10 heteroatoms. The van der Waals surface area contributed by atoms with Gasteiger partial charge in [-0.15, -0.1) is 0 Å². The molecule has 0 saturated carbocycles. The van der Waals surface area contributed by atoms with E-state index in [9.17, 15) is 19.3 Å². The quantitative estimate of drug-likeness (QED) is 0.0182. The minimum Gasteiger partial charge on any atom is -0.462 e. The van der Waals surface area contributed by atoms with Gasteiger partial charge in [-0.05, 0) is 57.8 Å². The van der Waals surface area contributed by atoms with Gasteiger partial charge in [0.25, 0.3) is 0 Å². The SMILES string of the molecule is CC/C=C/C/C=C/C=C/C(O)CCCCCCCC(=O)OC[C@H](COP(=O)(O)O)OC(=O)CCCCCCCCCCCCC/C=C\CCCCCCCC. The molecule has 3 N–H and O–H groups in total. The molecule has 2 atom stereocenters. The van der Waals surface area contributed by atoms with Crippen LogP contribution in [0.2, 0.25) is 0 Å². The first-order valence-electron chi connectivity index (χ1n) is 22.0. The number of rotatable bonds is 40. The molecule has 0 radical (unpaired) electrons. The lowest BCUT2D eigenvalue weighted by Gasteiger charge is -2.18. The van der Waals surface area contributed by atoms with Crippen molar-refractivity contribution in [3.8, 4) is 0 Å². The van der Waals surface area contributed by atoms with Crippen LogP contribution in [0.4, 0.5) is 0 Å². The fourth-order valence-corrected chi connectivity index (χ4v) is 6.50. The molecule has 0 bridgehead atoms. The molecule has 0 spiro atoms.